The molecule has 3 N–H and O–H groups in total. The normalized spacial score (nSPS) is 13.3. The SMILES string of the molecule is COCC(C)NC(N)=NCCSc1ccc(C)cc1. The molecular formula is C14H23N3OS. The average molecular weight is 281 g/mol. The van der Waals surface area contributed by atoms with Gasteiger partial charge in [-0.25, -0.2) is 0 Å². The molecule has 0 saturated carbocycles. The number of ether oxygens (including phenoxy) is 1. The zero-order chi connectivity index (χ0) is 14.1. The van der Waals surface area contributed by atoms with Gasteiger partial charge in [-0.05, 0) is 26.0 Å². The van der Waals surface area contributed by atoms with E-state index in [0.717, 1.165) is 5.75 Å². The monoisotopic (exact) mass is 281 g/mol. The zero-order valence-electron chi connectivity index (χ0n) is 11.8. The number of hydrogen-bond donors (Lipinski definition) is 2. The Kier molecular flexibility index (Phi) is 7.36. The predicted molar refractivity (Wildman–Crippen MR) is 82.9 cm³/mol. The van der Waals surface area contributed by atoms with Crippen molar-refractivity contribution < 1.29 is 4.74 Å². The maximum atomic E-state index is 5.78. The van der Waals surface area contributed by atoms with Crippen LogP contribution in [0.5, 0.6) is 0 Å². The smallest absolute Gasteiger partial charge is 0.188 e. The maximum absolute atomic E-state index is 5.78. The van der Waals surface area contributed by atoms with Crippen molar-refractivity contribution in [3.63, 3.8) is 0 Å². The molecule has 0 saturated heterocycles. The van der Waals surface area contributed by atoms with Crippen molar-refractivity contribution in [2.75, 3.05) is 26.0 Å². The summed E-state index contributed by atoms with van der Waals surface area (Å²) in [5.74, 6) is 1.40. The first-order valence-corrected chi connectivity index (χ1v) is 7.35. The van der Waals surface area contributed by atoms with E-state index in [0.29, 0.717) is 19.1 Å². The summed E-state index contributed by atoms with van der Waals surface area (Å²) < 4.78 is 5.02. The Balaban J connectivity index is 2.23. The maximum Gasteiger partial charge on any atom is 0.188 e. The van der Waals surface area contributed by atoms with E-state index < -0.39 is 0 Å². The second-order valence-corrected chi connectivity index (χ2v) is 5.60. The molecule has 0 aliphatic carbocycles. The lowest BCUT2D eigenvalue weighted by molar-refractivity contribution is 0.179. The van der Waals surface area contributed by atoms with Gasteiger partial charge in [-0.3, -0.25) is 4.99 Å². The Labute approximate surface area is 119 Å². The number of rotatable bonds is 7. The van der Waals surface area contributed by atoms with E-state index >= 15 is 0 Å². The lowest BCUT2D eigenvalue weighted by atomic mass is 10.2. The minimum Gasteiger partial charge on any atom is -0.383 e. The molecule has 0 aromatic heterocycles. The topological polar surface area (TPSA) is 59.6 Å². The number of nitrogens with two attached hydrogens (primary N) is 1. The van der Waals surface area contributed by atoms with Crippen LogP contribution in [-0.4, -0.2) is 38.0 Å². The second-order valence-electron chi connectivity index (χ2n) is 4.43. The number of nitrogens with one attached hydrogen (secondary N) is 1. The van der Waals surface area contributed by atoms with Gasteiger partial charge >= 0.3 is 0 Å². The van der Waals surface area contributed by atoms with Crippen LogP contribution in [0, 0.1) is 6.92 Å². The van der Waals surface area contributed by atoms with Gasteiger partial charge in [-0.15, -0.1) is 11.8 Å². The Morgan fingerprint density at radius 3 is 2.74 bits per heavy atom. The Hall–Kier alpha value is -1.20. The number of thioether (sulfide) groups is 1. The van der Waals surface area contributed by atoms with Gasteiger partial charge in [0.2, 0.25) is 0 Å². The molecule has 1 aromatic rings. The summed E-state index contributed by atoms with van der Waals surface area (Å²) in [6.07, 6.45) is 0. The summed E-state index contributed by atoms with van der Waals surface area (Å²) in [7, 11) is 1.67. The number of aryl methyl sites for hydroxylation is 1. The van der Waals surface area contributed by atoms with Crippen molar-refractivity contribution in [2.45, 2.75) is 24.8 Å². The Bertz CT molecular complexity index is 392. The number of methoxy groups -OCH3 is 1. The number of hydrogen-bond acceptors (Lipinski definition) is 3. The van der Waals surface area contributed by atoms with Gasteiger partial charge in [0, 0.05) is 23.8 Å². The van der Waals surface area contributed by atoms with E-state index in [1.807, 2.05) is 6.92 Å². The zero-order valence-corrected chi connectivity index (χ0v) is 12.7. The van der Waals surface area contributed by atoms with Crippen LogP contribution in [0.4, 0.5) is 0 Å². The summed E-state index contributed by atoms with van der Waals surface area (Å²) in [6.45, 7) is 5.42. The van der Waals surface area contributed by atoms with E-state index in [1.54, 1.807) is 18.9 Å². The van der Waals surface area contributed by atoms with Crippen LogP contribution in [0.1, 0.15) is 12.5 Å². The van der Waals surface area contributed by atoms with Crippen molar-refractivity contribution in [2.24, 2.45) is 10.7 Å². The minimum atomic E-state index is 0.179. The van der Waals surface area contributed by atoms with E-state index in [9.17, 15) is 0 Å². The molecule has 4 nitrogen and oxygen atoms in total. The molecule has 0 aliphatic rings. The summed E-state index contributed by atoms with van der Waals surface area (Å²) in [5.41, 5.74) is 7.06. The van der Waals surface area contributed by atoms with Crippen LogP contribution >= 0.6 is 11.8 Å². The van der Waals surface area contributed by atoms with E-state index in [1.165, 1.54) is 10.5 Å². The lowest BCUT2D eigenvalue weighted by Gasteiger charge is -2.12. The lowest BCUT2D eigenvalue weighted by Crippen LogP contribution is -2.40. The van der Waals surface area contributed by atoms with Gasteiger partial charge in [0.15, 0.2) is 5.96 Å². The van der Waals surface area contributed by atoms with E-state index in [-0.39, 0.29) is 6.04 Å². The first-order chi connectivity index (χ1) is 9.11. The van der Waals surface area contributed by atoms with Gasteiger partial charge in [0.1, 0.15) is 0 Å². The standard InChI is InChI=1S/C14H23N3OS/c1-11-4-6-13(7-5-11)19-9-8-16-14(15)17-12(2)10-18-3/h4-7,12H,8-10H2,1-3H3,(H3,15,16,17). The minimum absolute atomic E-state index is 0.179. The highest BCUT2D eigenvalue weighted by atomic mass is 32.2. The molecule has 1 atom stereocenters. The summed E-state index contributed by atoms with van der Waals surface area (Å²) in [6, 6.07) is 8.68. The van der Waals surface area contributed by atoms with Crippen LogP contribution in [0.15, 0.2) is 34.2 Å². The van der Waals surface area contributed by atoms with E-state index in [2.05, 4.69) is 41.5 Å². The van der Waals surface area contributed by atoms with Crippen LogP contribution in [0.25, 0.3) is 0 Å². The third-order valence-corrected chi connectivity index (χ3v) is 3.47. The first kappa shape index (κ1) is 15.9. The molecule has 5 heteroatoms. The van der Waals surface area contributed by atoms with Crippen LogP contribution in [0.2, 0.25) is 0 Å². The number of aliphatic imine (C=N–C) groups is 1. The molecule has 1 unspecified atom stereocenters. The summed E-state index contributed by atoms with van der Waals surface area (Å²) in [5, 5.41) is 3.08. The van der Waals surface area contributed by atoms with Crippen LogP contribution in [0.3, 0.4) is 0 Å². The number of benzene rings is 1. The fourth-order valence-electron chi connectivity index (χ4n) is 1.55. The van der Waals surface area contributed by atoms with Gasteiger partial charge in [-0.1, -0.05) is 17.7 Å². The van der Waals surface area contributed by atoms with Gasteiger partial charge in [0.05, 0.1) is 13.2 Å². The Morgan fingerprint density at radius 2 is 2.11 bits per heavy atom. The Morgan fingerprint density at radius 1 is 1.42 bits per heavy atom. The highest BCUT2D eigenvalue weighted by Crippen LogP contribution is 2.17. The largest absolute Gasteiger partial charge is 0.383 e. The second kappa shape index (κ2) is 8.82. The number of guanidine groups is 1. The average Bonchev–Trinajstić information content (AvgIpc) is 2.37. The van der Waals surface area contributed by atoms with Crippen LogP contribution in [-0.2, 0) is 4.74 Å². The third-order valence-electron chi connectivity index (χ3n) is 2.47. The molecule has 19 heavy (non-hydrogen) atoms. The fraction of sp³-hybridized carbons (Fsp3) is 0.500. The molecule has 0 bridgehead atoms. The molecule has 0 radical (unpaired) electrons. The quantitative estimate of drug-likeness (QED) is 0.347. The highest BCUT2D eigenvalue weighted by Gasteiger charge is 2.01. The van der Waals surface area contributed by atoms with Crippen molar-refractivity contribution in [3.8, 4) is 0 Å². The molecule has 1 rings (SSSR count). The third kappa shape index (κ3) is 7.08. The van der Waals surface area contributed by atoms with Gasteiger partial charge in [-0.2, -0.15) is 0 Å². The summed E-state index contributed by atoms with van der Waals surface area (Å²) in [4.78, 5) is 5.55. The molecule has 0 aliphatic heterocycles. The summed E-state index contributed by atoms with van der Waals surface area (Å²) >= 11 is 1.79. The van der Waals surface area contributed by atoms with Crippen molar-refractivity contribution in [1.82, 2.24) is 5.32 Å². The molecule has 106 valence electrons. The molecule has 0 fully saturated rings. The van der Waals surface area contributed by atoms with E-state index in [4.69, 9.17) is 10.5 Å². The van der Waals surface area contributed by atoms with Crippen LogP contribution < -0.4 is 11.1 Å². The number of nitrogens with zero attached hydrogens (tertiary/aromatic N) is 1. The van der Waals surface area contributed by atoms with Gasteiger partial charge < -0.3 is 15.8 Å². The predicted octanol–water partition coefficient (Wildman–Crippen LogP) is 2.03. The molecule has 0 heterocycles. The molecule has 0 spiro atoms. The molecule has 0 amide bonds. The van der Waals surface area contributed by atoms with Gasteiger partial charge in [0.25, 0.3) is 0 Å². The van der Waals surface area contributed by atoms with Crippen molar-refractivity contribution >= 4 is 17.7 Å². The van der Waals surface area contributed by atoms with Crippen molar-refractivity contribution in [3.05, 3.63) is 29.8 Å². The highest BCUT2D eigenvalue weighted by molar-refractivity contribution is 7.99. The fourth-order valence-corrected chi connectivity index (χ4v) is 2.30. The van der Waals surface area contributed by atoms with Crippen molar-refractivity contribution in [1.29, 1.82) is 0 Å². The molecule has 1 aromatic carbocycles. The molecular weight excluding hydrogens is 258 g/mol. The first-order valence-electron chi connectivity index (χ1n) is 6.36.